The summed E-state index contributed by atoms with van der Waals surface area (Å²) >= 11 is 0. The highest BCUT2D eigenvalue weighted by Crippen LogP contribution is 2.18. The number of fused-ring (bicyclic) bond motifs is 1. The smallest absolute Gasteiger partial charge is 0.308 e. The zero-order valence-corrected chi connectivity index (χ0v) is 16.4. The van der Waals surface area contributed by atoms with Gasteiger partial charge in [-0.2, -0.15) is 5.10 Å². The van der Waals surface area contributed by atoms with Crippen LogP contribution in [-0.4, -0.2) is 33.3 Å². The summed E-state index contributed by atoms with van der Waals surface area (Å²) in [5, 5.41) is 18.9. The van der Waals surface area contributed by atoms with Crippen molar-refractivity contribution in [2.75, 3.05) is 6.54 Å². The summed E-state index contributed by atoms with van der Waals surface area (Å²) in [6.07, 6.45) is 0.354. The first-order valence-corrected chi connectivity index (χ1v) is 9.43. The molecule has 0 aliphatic carbocycles. The second-order valence-corrected chi connectivity index (χ2v) is 6.99. The van der Waals surface area contributed by atoms with Crippen LogP contribution in [0.1, 0.15) is 34.2 Å². The summed E-state index contributed by atoms with van der Waals surface area (Å²) in [4.78, 5) is 24.3. The first-order chi connectivity index (χ1) is 13.4. The second-order valence-electron chi connectivity index (χ2n) is 6.99. The number of aromatic nitrogens is 2. The summed E-state index contributed by atoms with van der Waals surface area (Å²) in [5.41, 5.74) is 2.90. The van der Waals surface area contributed by atoms with E-state index in [0.717, 1.165) is 22.0 Å². The maximum absolute atomic E-state index is 12.6. The van der Waals surface area contributed by atoms with Crippen molar-refractivity contribution in [1.82, 2.24) is 15.1 Å². The number of benzene rings is 2. The number of hydrogen-bond donors (Lipinski definition) is 2. The van der Waals surface area contributed by atoms with E-state index in [1.807, 2.05) is 56.3 Å². The fraction of sp³-hybridized carbons (Fsp3) is 0.318. The summed E-state index contributed by atoms with van der Waals surface area (Å²) < 4.78 is 1.77. The van der Waals surface area contributed by atoms with E-state index >= 15 is 0 Å². The van der Waals surface area contributed by atoms with Crippen LogP contribution in [0.5, 0.6) is 0 Å². The van der Waals surface area contributed by atoms with Gasteiger partial charge in [-0.3, -0.25) is 14.3 Å². The lowest BCUT2D eigenvalue weighted by Crippen LogP contribution is -2.34. The van der Waals surface area contributed by atoms with E-state index in [1.54, 1.807) is 11.6 Å². The molecule has 146 valence electrons. The Hall–Kier alpha value is -3.15. The number of aryl methyl sites for hydroxylation is 2. The van der Waals surface area contributed by atoms with Gasteiger partial charge in [-0.1, -0.05) is 42.5 Å². The van der Waals surface area contributed by atoms with Crippen LogP contribution in [0, 0.1) is 19.8 Å². The van der Waals surface area contributed by atoms with Gasteiger partial charge >= 0.3 is 5.97 Å². The maximum Gasteiger partial charge on any atom is 0.308 e. The normalized spacial score (nSPS) is 12.1. The van der Waals surface area contributed by atoms with Crippen molar-refractivity contribution in [2.24, 2.45) is 5.92 Å². The number of nitrogens with zero attached hydrogens (tertiary/aromatic N) is 2. The number of aliphatic carboxylic acids is 1. The number of amides is 1. The van der Waals surface area contributed by atoms with Crippen LogP contribution in [0.2, 0.25) is 0 Å². The highest BCUT2D eigenvalue weighted by molar-refractivity contribution is 5.96. The first-order valence-electron chi connectivity index (χ1n) is 9.43. The van der Waals surface area contributed by atoms with Crippen molar-refractivity contribution in [1.29, 1.82) is 0 Å². The molecule has 1 heterocycles. The molecule has 2 aromatic carbocycles. The number of hydrogen-bond acceptors (Lipinski definition) is 3. The van der Waals surface area contributed by atoms with E-state index < -0.39 is 11.9 Å². The molecule has 1 atom stereocenters. The molecule has 0 fully saturated rings. The molecule has 1 unspecified atom stereocenters. The van der Waals surface area contributed by atoms with Crippen LogP contribution >= 0.6 is 0 Å². The van der Waals surface area contributed by atoms with E-state index in [9.17, 15) is 14.7 Å². The van der Waals surface area contributed by atoms with Crippen LogP contribution < -0.4 is 5.32 Å². The van der Waals surface area contributed by atoms with Crippen molar-refractivity contribution >= 4 is 22.6 Å². The Morgan fingerprint density at radius 2 is 1.86 bits per heavy atom. The Kier molecular flexibility index (Phi) is 5.78. The average molecular weight is 379 g/mol. The Morgan fingerprint density at radius 3 is 2.50 bits per heavy atom. The van der Waals surface area contributed by atoms with Gasteiger partial charge in [0.25, 0.3) is 5.91 Å². The van der Waals surface area contributed by atoms with Crippen LogP contribution in [0.25, 0.3) is 10.8 Å². The monoisotopic (exact) mass is 379 g/mol. The molecule has 0 spiro atoms. The van der Waals surface area contributed by atoms with Gasteiger partial charge in [0.15, 0.2) is 0 Å². The summed E-state index contributed by atoms with van der Waals surface area (Å²) in [7, 11) is 0. The maximum atomic E-state index is 12.6. The van der Waals surface area contributed by atoms with Gasteiger partial charge in [0.2, 0.25) is 0 Å². The van der Waals surface area contributed by atoms with Crippen LogP contribution in [0.4, 0.5) is 0 Å². The Labute approximate surface area is 164 Å². The third-order valence-electron chi connectivity index (χ3n) is 5.06. The third-order valence-corrected chi connectivity index (χ3v) is 5.06. The molecule has 0 aliphatic rings. The fourth-order valence-corrected chi connectivity index (χ4v) is 3.53. The number of rotatable bonds is 7. The quantitative estimate of drug-likeness (QED) is 0.659. The van der Waals surface area contributed by atoms with Gasteiger partial charge in [0.05, 0.1) is 17.2 Å². The predicted molar refractivity (Wildman–Crippen MR) is 108 cm³/mol. The summed E-state index contributed by atoms with van der Waals surface area (Å²) in [6, 6.07) is 13.9. The lowest BCUT2D eigenvalue weighted by Gasteiger charge is -2.14. The third kappa shape index (κ3) is 4.06. The molecule has 3 rings (SSSR count). The van der Waals surface area contributed by atoms with E-state index in [1.165, 1.54) is 0 Å². The van der Waals surface area contributed by atoms with E-state index in [-0.39, 0.29) is 12.5 Å². The van der Waals surface area contributed by atoms with E-state index in [4.69, 9.17) is 0 Å². The Balaban J connectivity index is 1.72. The van der Waals surface area contributed by atoms with Gasteiger partial charge in [0, 0.05) is 18.8 Å². The minimum Gasteiger partial charge on any atom is -0.481 e. The van der Waals surface area contributed by atoms with Crippen molar-refractivity contribution < 1.29 is 14.7 Å². The molecule has 0 saturated carbocycles. The fourth-order valence-electron chi connectivity index (χ4n) is 3.53. The van der Waals surface area contributed by atoms with Gasteiger partial charge in [-0.15, -0.1) is 0 Å². The molecule has 1 aromatic heterocycles. The molecule has 0 aliphatic heterocycles. The van der Waals surface area contributed by atoms with Gasteiger partial charge in [0.1, 0.15) is 0 Å². The molecule has 6 nitrogen and oxygen atoms in total. The lowest BCUT2D eigenvalue weighted by atomic mass is 9.97. The molecular formula is C22H25N3O3. The highest BCUT2D eigenvalue weighted by Gasteiger charge is 2.22. The Morgan fingerprint density at radius 1 is 1.14 bits per heavy atom. The van der Waals surface area contributed by atoms with Crippen molar-refractivity contribution in [2.45, 2.75) is 33.7 Å². The van der Waals surface area contributed by atoms with Gasteiger partial charge < -0.3 is 10.4 Å². The van der Waals surface area contributed by atoms with Crippen molar-refractivity contribution in [3.05, 3.63) is 65.0 Å². The first kappa shape index (κ1) is 19.6. The number of carboxylic acid groups (broad SMARTS) is 1. The standard InChI is InChI=1S/C22H25N3O3/c1-4-25-15(3)20(14(2)24-25)21(26)23-13-19(22(27)28)12-16-9-10-17-7-5-6-8-18(17)11-16/h5-11,19H,4,12-13H2,1-3H3,(H,23,26)(H,27,28). The zero-order chi connectivity index (χ0) is 20.3. The summed E-state index contributed by atoms with van der Waals surface area (Å²) in [6.45, 7) is 6.35. The molecule has 0 radical (unpaired) electrons. The highest BCUT2D eigenvalue weighted by atomic mass is 16.4. The van der Waals surface area contributed by atoms with Gasteiger partial charge in [-0.25, -0.2) is 0 Å². The minimum absolute atomic E-state index is 0.0666. The van der Waals surface area contributed by atoms with Crippen molar-refractivity contribution in [3.8, 4) is 0 Å². The van der Waals surface area contributed by atoms with Gasteiger partial charge in [-0.05, 0) is 43.5 Å². The number of carbonyl (C=O) groups is 2. The molecule has 6 heteroatoms. The molecule has 3 aromatic rings. The van der Waals surface area contributed by atoms with E-state index in [2.05, 4.69) is 10.4 Å². The molecule has 0 bridgehead atoms. The van der Waals surface area contributed by atoms with Crippen LogP contribution in [0.15, 0.2) is 42.5 Å². The van der Waals surface area contributed by atoms with Crippen LogP contribution in [0.3, 0.4) is 0 Å². The molecule has 0 saturated heterocycles. The lowest BCUT2D eigenvalue weighted by molar-refractivity contribution is -0.141. The van der Waals surface area contributed by atoms with Crippen molar-refractivity contribution in [3.63, 3.8) is 0 Å². The number of nitrogens with one attached hydrogen (secondary N) is 1. The van der Waals surface area contributed by atoms with E-state index in [0.29, 0.717) is 24.2 Å². The number of carboxylic acids is 1. The minimum atomic E-state index is -0.925. The average Bonchev–Trinajstić information content (AvgIpc) is 2.97. The molecule has 28 heavy (non-hydrogen) atoms. The topological polar surface area (TPSA) is 84.2 Å². The summed E-state index contributed by atoms with van der Waals surface area (Å²) in [5.74, 6) is -1.91. The molecule has 1 amide bonds. The zero-order valence-electron chi connectivity index (χ0n) is 16.4. The number of carbonyl (C=O) groups excluding carboxylic acids is 1. The molecular weight excluding hydrogens is 354 g/mol. The SMILES string of the molecule is CCn1nc(C)c(C(=O)NCC(Cc2ccc3ccccc3c2)C(=O)O)c1C. The predicted octanol–water partition coefficient (Wildman–Crippen LogP) is 3.35. The van der Waals surface area contributed by atoms with Crippen LogP contribution in [-0.2, 0) is 17.8 Å². The molecule has 2 N–H and O–H groups in total. The largest absolute Gasteiger partial charge is 0.481 e. The second kappa shape index (κ2) is 8.25. The Bertz CT molecular complexity index is 1020.